The summed E-state index contributed by atoms with van der Waals surface area (Å²) in [6.45, 7) is 9.42. The second-order valence-electron chi connectivity index (χ2n) is 5.58. The Hall–Kier alpha value is -0.650. The Balaban J connectivity index is 2.42. The lowest BCUT2D eigenvalue weighted by atomic mass is 9.90. The van der Waals surface area contributed by atoms with Gasteiger partial charge in [-0.3, -0.25) is 4.79 Å². The largest absolute Gasteiger partial charge is 0.480 e. The molecule has 5 nitrogen and oxygen atoms in total. The van der Waals surface area contributed by atoms with Crippen LogP contribution in [0.3, 0.4) is 0 Å². The molecule has 1 aliphatic rings. The molecule has 1 heterocycles. The van der Waals surface area contributed by atoms with E-state index in [4.69, 9.17) is 4.74 Å². The Morgan fingerprint density at radius 1 is 1.35 bits per heavy atom. The van der Waals surface area contributed by atoms with Crippen LogP contribution in [0, 0.1) is 0 Å². The second-order valence-corrected chi connectivity index (χ2v) is 5.58. The van der Waals surface area contributed by atoms with Gasteiger partial charge < -0.3 is 20.1 Å². The number of ether oxygens (including phenoxy) is 1. The fourth-order valence-corrected chi connectivity index (χ4v) is 2.71. The zero-order chi connectivity index (χ0) is 14.8. The minimum atomic E-state index is -0.752. The number of rotatable bonds is 9. The highest BCUT2D eigenvalue weighted by Crippen LogP contribution is 2.19. The van der Waals surface area contributed by atoms with Crippen LogP contribution in [0.1, 0.15) is 46.0 Å². The summed E-state index contributed by atoms with van der Waals surface area (Å²) in [5, 5.41) is 12.8. The van der Waals surface area contributed by atoms with Crippen LogP contribution in [0.2, 0.25) is 0 Å². The number of carboxylic acids is 1. The molecular weight excluding hydrogens is 256 g/mol. The van der Waals surface area contributed by atoms with Gasteiger partial charge in [0.1, 0.15) is 5.54 Å². The van der Waals surface area contributed by atoms with Crippen LogP contribution in [0.15, 0.2) is 0 Å². The standard InChI is InChI=1S/C15H30N2O3/c1-3-8-16-15(4-2,14(18)19)7-5-9-17-10-6-12-20-13-11-17/h16H,3-13H2,1-2H3,(H,18,19). The van der Waals surface area contributed by atoms with E-state index in [1.807, 2.05) is 6.92 Å². The van der Waals surface area contributed by atoms with Gasteiger partial charge in [0.2, 0.25) is 0 Å². The lowest BCUT2D eigenvalue weighted by molar-refractivity contribution is -0.145. The lowest BCUT2D eigenvalue weighted by Crippen LogP contribution is -2.52. The fraction of sp³-hybridized carbons (Fsp3) is 0.933. The summed E-state index contributed by atoms with van der Waals surface area (Å²) in [6.07, 6.45) is 4.27. The van der Waals surface area contributed by atoms with E-state index >= 15 is 0 Å². The number of carbonyl (C=O) groups is 1. The molecule has 20 heavy (non-hydrogen) atoms. The first-order valence-corrected chi connectivity index (χ1v) is 7.93. The smallest absolute Gasteiger partial charge is 0.323 e. The Labute approximate surface area is 122 Å². The van der Waals surface area contributed by atoms with E-state index in [1.54, 1.807) is 0 Å². The van der Waals surface area contributed by atoms with Gasteiger partial charge in [0, 0.05) is 19.7 Å². The molecular formula is C15H30N2O3. The van der Waals surface area contributed by atoms with E-state index in [-0.39, 0.29) is 0 Å². The van der Waals surface area contributed by atoms with E-state index in [1.165, 1.54) is 0 Å². The molecule has 2 N–H and O–H groups in total. The second kappa shape index (κ2) is 9.32. The predicted octanol–water partition coefficient (Wildman–Crippen LogP) is 1.72. The summed E-state index contributed by atoms with van der Waals surface area (Å²) in [5.41, 5.74) is -0.752. The van der Waals surface area contributed by atoms with Crippen LogP contribution < -0.4 is 5.32 Å². The van der Waals surface area contributed by atoms with Crippen LogP contribution >= 0.6 is 0 Å². The maximum Gasteiger partial charge on any atom is 0.323 e. The van der Waals surface area contributed by atoms with Crippen molar-refractivity contribution in [3.8, 4) is 0 Å². The zero-order valence-corrected chi connectivity index (χ0v) is 13.0. The predicted molar refractivity (Wildman–Crippen MR) is 80.1 cm³/mol. The molecule has 0 spiro atoms. The van der Waals surface area contributed by atoms with Gasteiger partial charge in [-0.15, -0.1) is 0 Å². The highest BCUT2D eigenvalue weighted by molar-refractivity contribution is 5.78. The van der Waals surface area contributed by atoms with Crippen molar-refractivity contribution in [1.82, 2.24) is 10.2 Å². The summed E-state index contributed by atoms with van der Waals surface area (Å²) in [4.78, 5) is 14.0. The maximum absolute atomic E-state index is 11.6. The third kappa shape index (κ3) is 5.38. The molecule has 0 aromatic carbocycles. The molecule has 0 aliphatic carbocycles. The molecule has 0 saturated carbocycles. The van der Waals surface area contributed by atoms with Crippen molar-refractivity contribution >= 4 is 5.97 Å². The highest BCUT2D eigenvalue weighted by atomic mass is 16.5. The highest BCUT2D eigenvalue weighted by Gasteiger charge is 2.35. The van der Waals surface area contributed by atoms with E-state index in [0.29, 0.717) is 12.8 Å². The van der Waals surface area contributed by atoms with Gasteiger partial charge in [0.25, 0.3) is 0 Å². The van der Waals surface area contributed by atoms with Gasteiger partial charge in [0.15, 0.2) is 0 Å². The first-order valence-electron chi connectivity index (χ1n) is 7.93. The zero-order valence-electron chi connectivity index (χ0n) is 13.0. The SMILES string of the molecule is CCCNC(CC)(CCCN1CCCOCC1)C(=O)O. The van der Waals surface area contributed by atoms with Crippen molar-refractivity contribution in [3.05, 3.63) is 0 Å². The van der Waals surface area contributed by atoms with Gasteiger partial charge in [-0.25, -0.2) is 0 Å². The molecule has 0 bridgehead atoms. The van der Waals surface area contributed by atoms with Gasteiger partial charge in [0.05, 0.1) is 6.61 Å². The number of nitrogens with one attached hydrogen (secondary N) is 1. The third-order valence-electron chi connectivity index (χ3n) is 4.12. The van der Waals surface area contributed by atoms with Crippen molar-refractivity contribution in [1.29, 1.82) is 0 Å². The molecule has 1 saturated heterocycles. The summed E-state index contributed by atoms with van der Waals surface area (Å²) < 4.78 is 5.44. The van der Waals surface area contributed by atoms with Gasteiger partial charge in [-0.2, -0.15) is 0 Å². The van der Waals surface area contributed by atoms with E-state index in [9.17, 15) is 9.90 Å². The molecule has 0 aromatic rings. The quantitative estimate of drug-likeness (QED) is 0.676. The summed E-state index contributed by atoms with van der Waals surface area (Å²) in [6, 6.07) is 0. The van der Waals surface area contributed by atoms with Crippen molar-refractivity contribution in [2.24, 2.45) is 0 Å². The molecule has 1 fully saturated rings. The van der Waals surface area contributed by atoms with Crippen molar-refractivity contribution in [3.63, 3.8) is 0 Å². The Morgan fingerprint density at radius 3 is 2.80 bits per heavy atom. The normalized spacial score (nSPS) is 20.3. The Bertz CT molecular complexity index is 278. The Morgan fingerprint density at radius 2 is 2.15 bits per heavy atom. The molecule has 1 aliphatic heterocycles. The topological polar surface area (TPSA) is 61.8 Å². The van der Waals surface area contributed by atoms with Gasteiger partial charge >= 0.3 is 5.97 Å². The summed E-state index contributed by atoms with van der Waals surface area (Å²) in [7, 11) is 0. The van der Waals surface area contributed by atoms with Gasteiger partial charge in [-0.1, -0.05) is 13.8 Å². The first kappa shape index (κ1) is 17.4. The van der Waals surface area contributed by atoms with Crippen LogP contribution in [0.4, 0.5) is 0 Å². The number of hydrogen-bond donors (Lipinski definition) is 2. The minimum absolute atomic E-state index is 0.630. The van der Waals surface area contributed by atoms with Crippen LogP contribution in [-0.2, 0) is 9.53 Å². The lowest BCUT2D eigenvalue weighted by Gasteiger charge is -2.30. The summed E-state index contributed by atoms with van der Waals surface area (Å²) >= 11 is 0. The average molecular weight is 286 g/mol. The molecule has 0 radical (unpaired) electrons. The van der Waals surface area contributed by atoms with Crippen LogP contribution in [0.5, 0.6) is 0 Å². The number of nitrogens with zero attached hydrogens (tertiary/aromatic N) is 1. The van der Waals surface area contributed by atoms with E-state index < -0.39 is 11.5 Å². The van der Waals surface area contributed by atoms with Crippen molar-refractivity contribution in [2.45, 2.75) is 51.5 Å². The number of carboxylic acid groups (broad SMARTS) is 1. The van der Waals surface area contributed by atoms with Gasteiger partial charge in [-0.05, 0) is 45.2 Å². The molecule has 0 aromatic heterocycles. The van der Waals surface area contributed by atoms with Crippen molar-refractivity contribution in [2.75, 3.05) is 39.4 Å². The molecule has 5 heteroatoms. The number of hydrogen-bond acceptors (Lipinski definition) is 4. The summed E-state index contributed by atoms with van der Waals surface area (Å²) in [5.74, 6) is -0.715. The first-order chi connectivity index (χ1) is 9.64. The van der Waals surface area contributed by atoms with Crippen LogP contribution in [-0.4, -0.2) is 60.9 Å². The van der Waals surface area contributed by atoms with Crippen molar-refractivity contribution < 1.29 is 14.6 Å². The third-order valence-corrected chi connectivity index (χ3v) is 4.12. The molecule has 1 atom stereocenters. The monoisotopic (exact) mass is 286 g/mol. The molecule has 1 unspecified atom stereocenters. The fourth-order valence-electron chi connectivity index (χ4n) is 2.71. The Kier molecular flexibility index (Phi) is 8.11. The van der Waals surface area contributed by atoms with E-state index in [2.05, 4.69) is 17.1 Å². The number of aliphatic carboxylic acids is 1. The molecule has 0 amide bonds. The average Bonchev–Trinajstić information content (AvgIpc) is 2.71. The van der Waals surface area contributed by atoms with Crippen LogP contribution in [0.25, 0.3) is 0 Å². The molecule has 1 rings (SSSR count). The molecule has 118 valence electrons. The minimum Gasteiger partial charge on any atom is -0.480 e. The van der Waals surface area contributed by atoms with E-state index in [0.717, 1.165) is 58.7 Å². The maximum atomic E-state index is 11.6.